The van der Waals surface area contributed by atoms with Crippen molar-refractivity contribution in [2.24, 2.45) is 0 Å². The van der Waals surface area contributed by atoms with Crippen molar-refractivity contribution in [1.29, 1.82) is 0 Å². The molecule has 0 unspecified atom stereocenters. The van der Waals surface area contributed by atoms with Crippen LogP contribution in [0.3, 0.4) is 0 Å². The molecule has 158 valence electrons. The SMILES string of the molecule is C=Cc1cc(C(C)(C)C)cc(C(C)(C)C)c1O.CC/C=C\c1cccc(C)c1C. The van der Waals surface area contributed by atoms with Crippen LogP contribution >= 0.6 is 0 Å². The standard InChI is InChI=1S/C16H24O.C12H16/c1-8-11-9-12(15(2,3)4)10-13(14(11)17)16(5,6)7;1-4-5-8-12-9-6-7-10(2)11(12)3/h8-10,17H,1H2,2-7H3;5-9H,4H2,1-3H3/b;8-5-. The molecule has 1 heteroatoms. The van der Waals surface area contributed by atoms with Crippen LogP contribution in [0.1, 0.15) is 88.3 Å². The minimum absolute atomic E-state index is 0.0664. The van der Waals surface area contributed by atoms with Gasteiger partial charge in [0.1, 0.15) is 5.75 Å². The van der Waals surface area contributed by atoms with Crippen LogP contribution in [-0.2, 0) is 10.8 Å². The van der Waals surface area contributed by atoms with Crippen molar-refractivity contribution in [3.05, 3.63) is 76.4 Å². The molecule has 0 saturated carbocycles. The summed E-state index contributed by atoms with van der Waals surface area (Å²) < 4.78 is 0. The zero-order chi connectivity index (χ0) is 22.4. The molecule has 0 saturated heterocycles. The van der Waals surface area contributed by atoms with Gasteiger partial charge < -0.3 is 5.11 Å². The summed E-state index contributed by atoms with van der Waals surface area (Å²) in [6.45, 7) is 23.1. The third-order valence-corrected chi connectivity index (χ3v) is 5.21. The van der Waals surface area contributed by atoms with Gasteiger partial charge in [0.05, 0.1) is 0 Å². The summed E-state index contributed by atoms with van der Waals surface area (Å²) >= 11 is 0. The molecule has 0 bridgehead atoms. The molecular weight excluding hydrogens is 352 g/mol. The van der Waals surface area contributed by atoms with E-state index in [9.17, 15) is 5.11 Å². The Bertz CT molecular complexity index is 855. The maximum absolute atomic E-state index is 10.2. The number of hydrogen-bond donors (Lipinski definition) is 1. The Hall–Kier alpha value is -2.28. The van der Waals surface area contributed by atoms with Gasteiger partial charge in [-0.2, -0.15) is 0 Å². The normalized spacial score (nSPS) is 11.9. The van der Waals surface area contributed by atoms with Crippen LogP contribution in [0.2, 0.25) is 0 Å². The summed E-state index contributed by atoms with van der Waals surface area (Å²) in [6.07, 6.45) is 7.22. The lowest BCUT2D eigenvalue weighted by atomic mass is 9.79. The first-order valence-corrected chi connectivity index (χ1v) is 10.6. The van der Waals surface area contributed by atoms with Crippen molar-refractivity contribution in [1.82, 2.24) is 0 Å². The molecule has 1 nitrogen and oxygen atoms in total. The predicted octanol–water partition coefficient (Wildman–Crippen LogP) is 8.36. The summed E-state index contributed by atoms with van der Waals surface area (Å²) in [5.41, 5.74) is 7.15. The van der Waals surface area contributed by atoms with Crippen molar-refractivity contribution in [3.63, 3.8) is 0 Å². The van der Waals surface area contributed by atoms with E-state index in [1.165, 1.54) is 22.3 Å². The number of aromatic hydroxyl groups is 1. The number of rotatable bonds is 3. The Morgan fingerprint density at radius 3 is 2.03 bits per heavy atom. The van der Waals surface area contributed by atoms with Gasteiger partial charge in [0.2, 0.25) is 0 Å². The maximum Gasteiger partial charge on any atom is 0.126 e. The van der Waals surface area contributed by atoms with Crippen LogP contribution in [0.5, 0.6) is 5.75 Å². The lowest BCUT2D eigenvalue weighted by Crippen LogP contribution is -2.17. The molecule has 0 aliphatic rings. The Balaban J connectivity index is 0.000000308. The second-order valence-electron chi connectivity index (χ2n) is 9.77. The first kappa shape index (κ1) is 24.8. The number of allylic oxidation sites excluding steroid dienone is 1. The van der Waals surface area contributed by atoms with Crippen LogP contribution in [0.15, 0.2) is 43.0 Å². The molecule has 29 heavy (non-hydrogen) atoms. The predicted molar refractivity (Wildman–Crippen MR) is 131 cm³/mol. The van der Waals surface area contributed by atoms with Crippen molar-refractivity contribution in [3.8, 4) is 5.75 Å². The van der Waals surface area contributed by atoms with Gasteiger partial charge >= 0.3 is 0 Å². The van der Waals surface area contributed by atoms with Gasteiger partial charge in [-0.25, -0.2) is 0 Å². The highest BCUT2D eigenvalue weighted by Gasteiger charge is 2.24. The monoisotopic (exact) mass is 392 g/mol. The van der Waals surface area contributed by atoms with Gasteiger partial charge in [-0.3, -0.25) is 0 Å². The average Bonchev–Trinajstić information content (AvgIpc) is 2.61. The van der Waals surface area contributed by atoms with Crippen LogP contribution < -0.4 is 0 Å². The number of hydrogen-bond acceptors (Lipinski definition) is 1. The third kappa shape index (κ3) is 6.92. The molecule has 0 radical (unpaired) electrons. The molecule has 1 N–H and O–H groups in total. The van der Waals surface area contributed by atoms with E-state index in [1.807, 2.05) is 6.07 Å². The molecule has 2 aromatic carbocycles. The fraction of sp³-hybridized carbons (Fsp3) is 0.429. The lowest BCUT2D eigenvalue weighted by molar-refractivity contribution is 0.443. The minimum Gasteiger partial charge on any atom is -0.507 e. The van der Waals surface area contributed by atoms with Crippen LogP contribution in [0, 0.1) is 13.8 Å². The van der Waals surface area contributed by atoms with Crippen molar-refractivity contribution in [2.45, 2.75) is 79.6 Å². The molecule has 0 aliphatic carbocycles. The molecule has 0 aromatic heterocycles. The average molecular weight is 393 g/mol. The van der Waals surface area contributed by atoms with E-state index in [0.717, 1.165) is 17.5 Å². The minimum atomic E-state index is -0.0664. The molecule has 0 spiro atoms. The summed E-state index contributed by atoms with van der Waals surface area (Å²) in [7, 11) is 0. The summed E-state index contributed by atoms with van der Waals surface area (Å²) in [4.78, 5) is 0. The molecule has 0 heterocycles. The fourth-order valence-corrected chi connectivity index (χ4v) is 3.02. The topological polar surface area (TPSA) is 20.2 Å². The molecule has 2 aromatic rings. The summed E-state index contributed by atoms with van der Waals surface area (Å²) in [5.74, 6) is 0.362. The maximum atomic E-state index is 10.2. The Morgan fingerprint density at radius 2 is 1.55 bits per heavy atom. The summed E-state index contributed by atoms with van der Waals surface area (Å²) in [6, 6.07) is 10.6. The summed E-state index contributed by atoms with van der Waals surface area (Å²) in [5, 5.41) is 10.2. The quantitative estimate of drug-likeness (QED) is 0.556. The van der Waals surface area contributed by atoms with Crippen molar-refractivity contribution >= 4 is 12.2 Å². The van der Waals surface area contributed by atoms with Crippen LogP contribution in [0.4, 0.5) is 0 Å². The number of phenols is 1. The van der Waals surface area contributed by atoms with E-state index >= 15 is 0 Å². The van der Waals surface area contributed by atoms with E-state index < -0.39 is 0 Å². The van der Waals surface area contributed by atoms with Gasteiger partial charge in [-0.15, -0.1) is 0 Å². The highest BCUT2D eigenvalue weighted by molar-refractivity contribution is 5.61. The molecule has 0 aliphatic heterocycles. The Kier molecular flexibility index (Phi) is 8.50. The smallest absolute Gasteiger partial charge is 0.126 e. The zero-order valence-corrected chi connectivity index (χ0v) is 20.0. The largest absolute Gasteiger partial charge is 0.507 e. The lowest BCUT2D eigenvalue weighted by Gasteiger charge is -2.27. The van der Waals surface area contributed by atoms with E-state index in [4.69, 9.17) is 0 Å². The molecule has 0 atom stereocenters. The van der Waals surface area contributed by atoms with Crippen molar-refractivity contribution < 1.29 is 5.11 Å². The Morgan fingerprint density at radius 1 is 0.931 bits per heavy atom. The van der Waals surface area contributed by atoms with E-state index in [0.29, 0.717) is 5.75 Å². The van der Waals surface area contributed by atoms with Gasteiger partial charge in [-0.05, 0) is 59.4 Å². The highest BCUT2D eigenvalue weighted by Crippen LogP contribution is 2.37. The number of phenolic OH excluding ortho intramolecular Hbond substituents is 1. The van der Waals surface area contributed by atoms with Gasteiger partial charge in [0.25, 0.3) is 0 Å². The van der Waals surface area contributed by atoms with Gasteiger partial charge in [0, 0.05) is 11.1 Å². The molecule has 0 fully saturated rings. The first-order valence-electron chi connectivity index (χ1n) is 10.6. The first-order chi connectivity index (χ1) is 13.3. The molecular formula is C28H40O. The van der Waals surface area contributed by atoms with Gasteiger partial charge in [0.15, 0.2) is 0 Å². The molecule has 0 amide bonds. The second kappa shape index (κ2) is 9.96. The van der Waals surface area contributed by atoms with E-state index in [-0.39, 0.29) is 10.8 Å². The third-order valence-electron chi connectivity index (χ3n) is 5.21. The molecule has 2 rings (SSSR count). The van der Waals surface area contributed by atoms with E-state index in [2.05, 4.69) is 105 Å². The van der Waals surface area contributed by atoms with Crippen LogP contribution in [0.25, 0.3) is 12.2 Å². The Labute approximate surface area is 179 Å². The highest BCUT2D eigenvalue weighted by atomic mass is 16.3. The zero-order valence-electron chi connectivity index (χ0n) is 20.0. The van der Waals surface area contributed by atoms with Crippen molar-refractivity contribution in [2.75, 3.05) is 0 Å². The fourth-order valence-electron chi connectivity index (χ4n) is 3.02. The number of benzene rings is 2. The van der Waals surface area contributed by atoms with Gasteiger partial charge in [-0.1, -0.05) is 97.5 Å². The number of aryl methyl sites for hydroxylation is 1. The van der Waals surface area contributed by atoms with E-state index in [1.54, 1.807) is 6.08 Å². The van der Waals surface area contributed by atoms with Crippen LogP contribution in [-0.4, -0.2) is 5.11 Å². The second-order valence-corrected chi connectivity index (χ2v) is 9.77.